The molecular weight excluding hydrogens is 320 g/mol. The number of anilines is 1. The molecule has 0 spiro atoms. The Kier molecular flexibility index (Phi) is 4.44. The summed E-state index contributed by atoms with van der Waals surface area (Å²) < 4.78 is 6.56. The summed E-state index contributed by atoms with van der Waals surface area (Å²) in [6.07, 6.45) is 1.32. The summed E-state index contributed by atoms with van der Waals surface area (Å²) >= 11 is 0. The number of fused-ring (bicyclic) bond motifs is 1. The number of carbonyl (C=O) groups excluding carboxylic acids is 2. The second-order valence-corrected chi connectivity index (χ2v) is 6.03. The van der Waals surface area contributed by atoms with Gasteiger partial charge in [-0.05, 0) is 19.1 Å². The molecule has 2 heterocycles. The molecule has 1 aliphatic heterocycles. The molecule has 2 aromatic rings. The molecule has 1 aromatic heterocycles. The number of hydrogen-bond acceptors (Lipinski definition) is 5. The number of rotatable bonds is 5. The monoisotopic (exact) mass is 340 g/mol. The van der Waals surface area contributed by atoms with E-state index in [9.17, 15) is 14.4 Å². The first-order chi connectivity index (χ1) is 12.0. The van der Waals surface area contributed by atoms with Crippen LogP contribution in [0.25, 0.3) is 10.9 Å². The van der Waals surface area contributed by atoms with E-state index in [1.807, 2.05) is 29.2 Å². The Bertz CT molecular complexity index is 923. The van der Waals surface area contributed by atoms with Crippen molar-refractivity contribution in [3.63, 3.8) is 0 Å². The number of hydrogen-bond donors (Lipinski definition) is 0. The van der Waals surface area contributed by atoms with Crippen molar-refractivity contribution in [2.45, 2.75) is 6.92 Å². The van der Waals surface area contributed by atoms with E-state index >= 15 is 0 Å². The topological polar surface area (TPSA) is 68.6 Å². The highest BCUT2D eigenvalue weighted by molar-refractivity contribution is 6.06. The summed E-state index contributed by atoms with van der Waals surface area (Å²) in [5.74, 6) is -0.820. The SMILES string of the molecule is C=CC(=O)C1CN(c2c(C(=O)OCC)c(=O)n(C)c3ccccc23)C1. The molecule has 3 rings (SSSR count). The predicted octanol–water partition coefficient (Wildman–Crippen LogP) is 1.91. The Labute approximate surface area is 145 Å². The summed E-state index contributed by atoms with van der Waals surface area (Å²) in [6, 6.07) is 7.41. The van der Waals surface area contributed by atoms with Crippen LogP contribution in [0.2, 0.25) is 0 Å². The van der Waals surface area contributed by atoms with Gasteiger partial charge in [-0.3, -0.25) is 9.59 Å². The van der Waals surface area contributed by atoms with Gasteiger partial charge >= 0.3 is 5.97 Å². The minimum atomic E-state index is -0.637. The van der Waals surface area contributed by atoms with Crippen LogP contribution in [0.3, 0.4) is 0 Å². The zero-order chi connectivity index (χ0) is 18.1. The molecule has 130 valence electrons. The highest BCUT2D eigenvalue weighted by Gasteiger charge is 2.36. The molecule has 0 amide bonds. The van der Waals surface area contributed by atoms with Crippen LogP contribution in [-0.4, -0.2) is 36.0 Å². The van der Waals surface area contributed by atoms with E-state index in [0.29, 0.717) is 18.8 Å². The van der Waals surface area contributed by atoms with E-state index in [-0.39, 0.29) is 23.9 Å². The first-order valence-electron chi connectivity index (χ1n) is 8.19. The summed E-state index contributed by atoms with van der Waals surface area (Å²) in [5, 5.41) is 0.789. The summed E-state index contributed by atoms with van der Waals surface area (Å²) in [6.45, 7) is 6.30. The van der Waals surface area contributed by atoms with Gasteiger partial charge in [0, 0.05) is 25.5 Å². The van der Waals surface area contributed by atoms with E-state index in [1.54, 1.807) is 14.0 Å². The standard InChI is InChI=1S/C19H20N2O4/c1-4-15(22)12-10-21(11-12)17-13-8-6-7-9-14(13)20(3)18(23)16(17)19(24)25-5-2/h4,6-9,12H,1,5,10-11H2,2-3H3. The van der Waals surface area contributed by atoms with Crippen molar-refractivity contribution < 1.29 is 14.3 Å². The second kappa shape index (κ2) is 6.55. The molecule has 1 saturated heterocycles. The van der Waals surface area contributed by atoms with Crippen LogP contribution in [-0.2, 0) is 16.6 Å². The molecule has 0 saturated carbocycles. The van der Waals surface area contributed by atoms with Crippen molar-refractivity contribution in [3.8, 4) is 0 Å². The summed E-state index contributed by atoms with van der Waals surface area (Å²) in [5.41, 5.74) is 0.900. The maximum Gasteiger partial charge on any atom is 0.345 e. The van der Waals surface area contributed by atoms with Crippen molar-refractivity contribution >= 4 is 28.3 Å². The van der Waals surface area contributed by atoms with Crippen LogP contribution in [0.5, 0.6) is 0 Å². The van der Waals surface area contributed by atoms with Gasteiger partial charge in [0.2, 0.25) is 0 Å². The third-order valence-electron chi connectivity index (χ3n) is 4.56. The minimum Gasteiger partial charge on any atom is -0.462 e. The first-order valence-corrected chi connectivity index (χ1v) is 8.19. The van der Waals surface area contributed by atoms with Crippen LogP contribution in [0.1, 0.15) is 17.3 Å². The quantitative estimate of drug-likeness (QED) is 0.614. The van der Waals surface area contributed by atoms with E-state index in [4.69, 9.17) is 4.74 Å². The third kappa shape index (κ3) is 2.73. The lowest BCUT2D eigenvalue weighted by Crippen LogP contribution is -2.51. The van der Waals surface area contributed by atoms with Crippen LogP contribution < -0.4 is 10.5 Å². The number of aryl methyl sites for hydroxylation is 1. The van der Waals surface area contributed by atoms with Crippen LogP contribution >= 0.6 is 0 Å². The van der Waals surface area contributed by atoms with Gasteiger partial charge in [-0.25, -0.2) is 4.79 Å². The lowest BCUT2D eigenvalue weighted by Gasteiger charge is -2.41. The molecular formula is C19H20N2O4. The molecule has 0 atom stereocenters. The number of carbonyl (C=O) groups is 2. The maximum absolute atomic E-state index is 12.8. The molecule has 0 N–H and O–H groups in total. The lowest BCUT2D eigenvalue weighted by atomic mass is 9.92. The fraction of sp³-hybridized carbons (Fsp3) is 0.316. The average Bonchev–Trinajstić information content (AvgIpc) is 2.57. The fourth-order valence-electron chi connectivity index (χ4n) is 3.20. The number of allylic oxidation sites excluding steroid dienone is 1. The maximum atomic E-state index is 12.8. The van der Waals surface area contributed by atoms with Gasteiger partial charge in [0.25, 0.3) is 5.56 Å². The number of aromatic nitrogens is 1. The van der Waals surface area contributed by atoms with Gasteiger partial charge in [-0.15, -0.1) is 0 Å². The van der Waals surface area contributed by atoms with Gasteiger partial charge in [-0.1, -0.05) is 24.8 Å². The van der Waals surface area contributed by atoms with E-state index in [2.05, 4.69) is 6.58 Å². The fourth-order valence-corrected chi connectivity index (χ4v) is 3.20. The molecule has 1 aromatic carbocycles. The summed E-state index contributed by atoms with van der Waals surface area (Å²) in [4.78, 5) is 38.9. The zero-order valence-electron chi connectivity index (χ0n) is 14.3. The van der Waals surface area contributed by atoms with Gasteiger partial charge in [0.1, 0.15) is 5.56 Å². The minimum absolute atomic E-state index is 0.0209. The van der Waals surface area contributed by atoms with Crippen molar-refractivity contribution in [2.24, 2.45) is 13.0 Å². The van der Waals surface area contributed by atoms with E-state index < -0.39 is 11.5 Å². The Morgan fingerprint density at radius 2 is 2.00 bits per heavy atom. The summed E-state index contributed by atoms with van der Waals surface area (Å²) in [7, 11) is 1.64. The van der Waals surface area contributed by atoms with Crippen molar-refractivity contribution in [1.29, 1.82) is 0 Å². The highest BCUT2D eigenvalue weighted by Crippen LogP contribution is 2.34. The van der Waals surface area contributed by atoms with Gasteiger partial charge < -0.3 is 14.2 Å². The van der Waals surface area contributed by atoms with Crippen LogP contribution in [0, 0.1) is 5.92 Å². The molecule has 0 radical (unpaired) electrons. The van der Waals surface area contributed by atoms with E-state index in [1.165, 1.54) is 10.6 Å². The lowest BCUT2D eigenvalue weighted by molar-refractivity contribution is -0.118. The average molecular weight is 340 g/mol. The zero-order valence-corrected chi connectivity index (χ0v) is 14.3. The molecule has 1 fully saturated rings. The van der Waals surface area contributed by atoms with Gasteiger partial charge in [0.05, 0.1) is 23.7 Å². The van der Waals surface area contributed by atoms with Crippen molar-refractivity contribution in [1.82, 2.24) is 4.57 Å². The number of ether oxygens (including phenoxy) is 1. The third-order valence-corrected chi connectivity index (χ3v) is 4.56. The Balaban J connectivity index is 2.18. The Hall–Kier alpha value is -2.89. The second-order valence-electron chi connectivity index (χ2n) is 6.03. The molecule has 6 nitrogen and oxygen atoms in total. The number of esters is 1. The largest absolute Gasteiger partial charge is 0.462 e. The number of pyridine rings is 1. The Morgan fingerprint density at radius 3 is 2.64 bits per heavy atom. The highest BCUT2D eigenvalue weighted by atomic mass is 16.5. The van der Waals surface area contributed by atoms with Crippen molar-refractivity contribution in [2.75, 3.05) is 24.6 Å². The van der Waals surface area contributed by atoms with Crippen molar-refractivity contribution in [3.05, 3.63) is 52.8 Å². The van der Waals surface area contributed by atoms with Crippen LogP contribution in [0.4, 0.5) is 5.69 Å². The van der Waals surface area contributed by atoms with Crippen LogP contribution in [0.15, 0.2) is 41.7 Å². The number of nitrogens with zero attached hydrogens (tertiary/aromatic N) is 2. The number of para-hydroxylation sites is 1. The number of benzene rings is 1. The van der Waals surface area contributed by atoms with E-state index in [0.717, 1.165) is 10.9 Å². The molecule has 0 aliphatic carbocycles. The smallest absolute Gasteiger partial charge is 0.345 e. The molecule has 6 heteroatoms. The predicted molar refractivity (Wildman–Crippen MR) is 96.1 cm³/mol. The molecule has 1 aliphatic rings. The number of ketones is 1. The normalized spacial score (nSPS) is 14.2. The Morgan fingerprint density at radius 1 is 1.32 bits per heavy atom. The molecule has 25 heavy (non-hydrogen) atoms. The molecule has 0 unspecified atom stereocenters. The first kappa shape index (κ1) is 17.0. The van der Waals surface area contributed by atoms with Gasteiger partial charge in [-0.2, -0.15) is 0 Å². The molecule has 0 bridgehead atoms. The van der Waals surface area contributed by atoms with Gasteiger partial charge in [0.15, 0.2) is 5.78 Å².